The molecule has 1 aromatic rings. The number of piperazine rings is 1. The van der Waals surface area contributed by atoms with Gasteiger partial charge >= 0.3 is 0 Å². The molecule has 6 heteroatoms. The Morgan fingerprint density at radius 1 is 1.35 bits per heavy atom. The van der Waals surface area contributed by atoms with Gasteiger partial charge < -0.3 is 4.90 Å². The van der Waals surface area contributed by atoms with Gasteiger partial charge in [0, 0.05) is 0 Å². The number of amides is 3. The van der Waals surface area contributed by atoms with Crippen molar-refractivity contribution in [1.29, 1.82) is 0 Å². The second-order valence-corrected chi connectivity index (χ2v) is 5.64. The maximum Gasteiger partial charge on any atom is 0.256 e. The second-order valence-electron chi connectivity index (χ2n) is 5.26. The van der Waals surface area contributed by atoms with Gasteiger partial charge in [0.15, 0.2) is 0 Å². The van der Waals surface area contributed by atoms with Crippen LogP contribution in [0, 0.1) is 6.92 Å². The van der Waals surface area contributed by atoms with Gasteiger partial charge in [-0.2, -0.15) is 0 Å². The number of rotatable bonds is 1. The minimum atomic E-state index is -1.10. The summed E-state index contributed by atoms with van der Waals surface area (Å²) in [6, 6.07) is 5.09. The largest absolute Gasteiger partial charge is 0.315 e. The molecule has 20 heavy (non-hydrogen) atoms. The highest BCUT2D eigenvalue weighted by Crippen LogP contribution is 2.26. The Morgan fingerprint density at radius 3 is 2.65 bits per heavy atom. The van der Waals surface area contributed by atoms with E-state index in [4.69, 9.17) is 11.6 Å². The summed E-state index contributed by atoms with van der Waals surface area (Å²) in [5.74, 6) is -1.41. The third-order valence-electron chi connectivity index (χ3n) is 3.45. The molecule has 0 aromatic heterocycles. The first-order valence-corrected chi connectivity index (χ1v) is 6.54. The van der Waals surface area contributed by atoms with E-state index in [-0.39, 0.29) is 6.54 Å². The molecule has 0 radical (unpaired) electrons. The average Bonchev–Trinajstić information content (AvgIpc) is 2.37. The van der Waals surface area contributed by atoms with Crippen LogP contribution in [0.25, 0.3) is 0 Å². The van der Waals surface area contributed by atoms with Crippen LogP contribution in [-0.4, -0.2) is 34.7 Å². The lowest BCUT2D eigenvalue weighted by Crippen LogP contribution is -2.65. The minimum absolute atomic E-state index is 0.165. The lowest BCUT2D eigenvalue weighted by Gasteiger charge is -2.40. The van der Waals surface area contributed by atoms with Gasteiger partial charge in [0.25, 0.3) is 11.8 Å². The molecule has 2 rings (SSSR count). The predicted octanol–water partition coefficient (Wildman–Crippen LogP) is 1.53. The highest BCUT2D eigenvalue weighted by atomic mass is 35.5. The molecule has 0 bridgehead atoms. The Morgan fingerprint density at radius 2 is 2.00 bits per heavy atom. The first-order chi connectivity index (χ1) is 9.25. The van der Waals surface area contributed by atoms with Crippen molar-refractivity contribution < 1.29 is 14.4 Å². The van der Waals surface area contributed by atoms with Gasteiger partial charge in [0.05, 0.1) is 10.6 Å². The SMILES string of the molecule is Cc1cccc(C(=O)N2CC(=O)NC(=O)C2(C)C)c1Cl. The van der Waals surface area contributed by atoms with Gasteiger partial charge in [-0.1, -0.05) is 23.7 Å². The van der Waals surface area contributed by atoms with E-state index in [9.17, 15) is 14.4 Å². The van der Waals surface area contributed by atoms with E-state index in [1.165, 1.54) is 4.90 Å². The quantitative estimate of drug-likeness (QED) is 0.799. The van der Waals surface area contributed by atoms with Crippen LogP contribution < -0.4 is 5.32 Å². The molecule has 1 aromatic carbocycles. The molecular weight excluding hydrogens is 280 g/mol. The zero-order valence-corrected chi connectivity index (χ0v) is 12.2. The maximum atomic E-state index is 12.6. The third kappa shape index (κ3) is 2.29. The highest BCUT2D eigenvalue weighted by molar-refractivity contribution is 6.34. The summed E-state index contributed by atoms with van der Waals surface area (Å²) in [5.41, 5.74) is -0.0386. The van der Waals surface area contributed by atoms with Crippen LogP contribution in [0.1, 0.15) is 29.8 Å². The van der Waals surface area contributed by atoms with Crippen molar-refractivity contribution in [3.8, 4) is 0 Å². The first kappa shape index (κ1) is 14.5. The number of aryl methyl sites for hydroxylation is 1. The van der Waals surface area contributed by atoms with E-state index < -0.39 is 23.3 Å². The molecule has 0 spiro atoms. The van der Waals surface area contributed by atoms with Gasteiger partial charge in [-0.3, -0.25) is 19.7 Å². The maximum absolute atomic E-state index is 12.6. The van der Waals surface area contributed by atoms with E-state index in [0.29, 0.717) is 10.6 Å². The van der Waals surface area contributed by atoms with Gasteiger partial charge in [-0.15, -0.1) is 0 Å². The Bertz CT molecular complexity index is 610. The lowest BCUT2D eigenvalue weighted by atomic mass is 9.97. The summed E-state index contributed by atoms with van der Waals surface area (Å²) < 4.78 is 0. The Labute approximate surface area is 121 Å². The molecule has 1 N–H and O–H groups in total. The number of benzene rings is 1. The van der Waals surface area contributed by atoms with E-state index in [1.54, 1.807) is 39.0 Å². The van der Waals surface area contributed by atoms with Crippen molar-refractivity contribution in [3.63, 3.8) is 0 Å². The van der Waals surface area contributed by atoms with Crippen LogP contribution in [0.15, 0.2) is 18.2 Å². The van der Waals surface area contributed by atoms with Crippen molar-refractivity contribution in [2.75, 3.05) is 6.54 Å². The Balaban J connectivity index is 2.43. The fourth-order valence-electron chi connectivity index (χ4n) is 2.07. The molecular formula is C14H15ClN2O3. The van der Waals surface area contributed by atoms with Crippen LogP contribution in [-0.2, 0) is 9.59 Å². The van der Waals surface area contributed by atoms with E-state index in [0.717, 1.165) is 5.56 Å². The number of imide groups is 1. The number of hydrogen-bond donors (Lipinski definition) is 1. The van der Waals surface area contributed by atoms with E-state index >= 15 is 0 Å². The molecule has 0 saturated carbocycles. The van der Waals surface area contributed by atoms with Crippen LogP contribution in [0.3, 0.4) is 0 Å². The van der Waals surface area contributed by atoms with Gasteiger partial charge in [-0.05, 0) is 32.4 Å². The average molecular weight is 295 g/mol. The number of nitrogens with zero attached hydrogens (tertiary/aromatic N) is 1. The van der Waals surface area contributed by atoms with Crippen molar-refractivity contribution in [2.24, 2.45) is 0 Å². The van der Waals surface area contributed by atoms with Gasteiger partial charge in [0.2, 0.25) is 5.91 Å². The smallest absolute Gasteiger partial charge is 0.256 e. The summed E-state index contributed by atoms with van der Waals surface area (Å²) in [6.45, 7) is 4.81. The number of hydrogen-bond acceptors (Lipinski definition) is 3. The topological polar surface area (TPSA) is 66.5 Å². The van der Waals surface area contributed by atoms with Gasteiger partial charge in [-0.25, -0.2) is 0 Å². The van der Waals surface area contributed by atoms with Crippen LogP contribution in [0.2, 0.25) is 5.02 Å². The zero-order valence-electron chi connectivity index (χ0n) is 11.5. The number of carbonyl (C=O) groups excluding carboxylic acids is 3. The summed E-state index contributed by atoms with van der Waals surface area (Å²) >= 11 is 6.14. The summed E-state index contributed by atoms with van der Waals surface area (Å²) in [7, 11) is 0. The Kier molecular flexibility index (Phi) is 3.56. The molecule has 0 unspecified atom stereocenters. The lowest BCUT2D eigenvalue weighted by molar-refractivity contribution is -0.143. The number of carbonyl (C=O) groups is 3. The Hall–Kier alpha value is -1.88. The van der Waals surface area contributed by atoms with Crippen molar-refractivity contribution in [2.45, 2.75) is 26.3 Å². The third-order valence-corrected chi connectivity index (χ3v) is 3.95. The fourth-order valence-corrected chi connectivity index (χ4v) is 2.27. The predicted molar refractivity (Wildman–Crippen MR) is 74.5 cm³/mol. The highest BCUT2D eigenvalue weighted by Gasteiger charge is 2.44. The van der Waals surface area contributed by atoms with Crippen molar-refractivity contribution in [1.82, 2.24) is 10.2 Å². The molecule has 5 nitrogen and oxygen atoms in total. The molecule has 3 amide bonds. The number of nitrogens with one attached hydrogen (secondary N) is 1. The van der Waals surface area contributed by atoms with Crippen LogP contribution >= 0.6 is 11.6 Å². The van der Waals surface area contributed by atoms with Crippen molar-refractivity contribution >= 4 is 29.3 Å². The molecule has 1 heterocycles. The van der Waals surface area contributed by atoms with E-state index in [2.05, 4.69) is 5.32 Å². The van der Waals surface area contributed by atoms with Crippen LogP contribution in [0.5, 0.6) is 0 Å². The van der Waals surface area contributed by atoms with Gasteiger partial charge in [0.1, 0.15) is 12.1 Å². The zero-order chi connectivity index (χ0) is 15.1. The molecule has 0 atom stereocenters. The monoisotopic (exact) mass is 294 g/mol. The molecule has 1 fully saturated rings. The molecule has 106 valence electrons. The standard InChI is InChI=1S/C14H15ClN2O3/c1-8-5-4-6-9(11(8)15)12(19)17-7-10(18)16-13(20)14(17,2)3/h4-6H,7H2,1-3H3,(H,16,18,20). The summed E-state index contributed by atoms with van der Waals surface area (Å²) in [5, 5.41) is 2.57. The summed E-state index contributed by atoms with van der Waals surface area (Å²) in [6.07, 6.45) is 0. The molecule has 1 saturated heterocycles. The summed E-state index contributed by atoms with van der Waals surface area (Å²) in [4.78, 5) is 37.2. The van der Waals surface area contributed by atoms with Crippen molar-refractivity contribution in [3.05, 3.63) is 34.3 Å². The van der Waals surface area contributed by atoms with Crippen LogP contribution in [0.4, 0.5) is 0 Å². The number of halogens is 1. The first-order valence-electron chi connectivity index (χ1n) is 6.16. The fraction of sp³-hybridized carbons (Fsp3) is 0.357. The second kappa shape index (κ2) is 4.90. The van der Waals surface area contributed by atoms with E-state index in [1.807, 2.05) is 0 Å². The molecule has 0 aliphatic carbocycles. The normalized spacial score (nSPS) is 17.9. The minimum Gasteiger partial charge on any atom is -0.315 e. The molecule has 1 aliphatic heterocycles. The molecule has 1 aliphatic rings.